The van der Waals surface area contributed by atoms with E-state index in [1.54, 1.807) is 24.3 Å². The van der Waals surface area contributed by atoms with Gasteiger partial charge >= 0.3 is 0 Å². The summed E-state index contributed by atoms with van der Waals surface area (Å²) in [5.74, 6) is -0.0223. The molecule has 14 heavy (non-hydrogen) atoms. The molecule has 0 radical (unpaired) electrons. The van der Waals surface area contributed by atoms with Crippen molar-refractivity contribution in [2.45, 2.75) is 12.1 Å². The van der Waals surface area contributed by atoms with Gasteiger partial charge in [-0.25, -0.2) is 4.39 Å². The van der Waals surface area contributed by atoms with Gasteiger partial charge in [-0.05, 0) is 30.7 Å². The zero-order valence-corrected chi connectivity index (χ0v) is 9.11. The minimum Gasteiger partial charge on any atom is -0.330 e. The highest BCUT2D eigenvalue weighted by molar-refractivity contribution is 6.30. The molecule has 1 nitrogen and oxygen atoms in total. The lowest BCUT2D eigenvalue weighted by Gasteiger charge is -2.07. The number of halogens is 3. The second-order valence-electron chi connectivity index (χ2n) is 3.51. The molecule has 0 amide bonds. The molecule has 1 fully saturated rings. The summed E-state index contributed by atoms with van der Waals surface area (Å²) in [5, 5.41) is 0.581. The number of rotatable bonds is 2. The zero-order valence-electron chi connectivity index (χ0n) is 7.54. The van der Waals surface area contributed by atoms with E-state index in [-0.39, 0.29) is 18.3 Å². The number of alkyl halides is 1. The number of hydrogen-bond donors (Lipinski definition) is 1. The molecule has 0 saturated heterocycles. The van der Waals surface area contributed by atoms with Crippen LogP contribution in [0.1, 0.15) is 12.0 Å². The summed E-state index contributed by atoms with van der Waals surface area (Å²) in [6.07, 6.45) is 0.532. The lowest BCUT2D eigenvalue weighted by molar-refractivity contribution is 0.288. The summed E-state index contributed by atoms with van der Waals surface area (Å²) in [6.45, 7) is 0.406. The Labute approximate surface area is 93.8 Å². The van der Waals surface area contributed by atoms with Crippen LogP contribution in [0.2, 0.25) is 5.02 Å². The smallest absolute Gasteiger partial charge is 0.140 e. The molecule has 1 aromatic rings. The molecule has 2 atom stereocenters. The van der Waals surface area contributed by atoms with Gasteiger partial charge in [0.25, 0.3) is 0 Å². The Morgan fingerprint density at radius 1 is 1.57 bits per heavy atom. The minimum atomic E-state index is -1.21. The van der Waals surface area contributed by atoms with Crippen molar-refractivity contribution in [1.82, 2.24) is 0 Å². The highest BCUT2D eigenvalue weighted by Crippen LogP contribution is 2.55. The van der Waals surface area contributed by atoms with E-state index in [2.05, 4.69) is 0 Å². The Balaban J connectivity index is 0.000000980. The van der Waals surface area contributed by atoms with Gasteiger partial charge in [0, 0.05) is 10.9 Å². The molecule has 1 saturated carbocycles. The first-order valence-corrected chi connectivity index (χ1v) is 4.69. The van der Waals surface area contributed by atoms with Crippen molar-refractivity contribution < 1.29 is 4.39 Å². The third-order valence-electron chi connectivity index (χ3n) is 2.62. The Bertz CT molecular complexity index is 332. The van der Waals surface area contributed by atoms with Crippen LogP contribution < -0.4 is 5.73 Å². The quantitative estimate of drug-likeness (QED) is 0.839. The summed E-state index contributed by atoms with van der Waals surface area (Å²) in [4.78, 5) is 0. The summed E-state index contributed by atoms with van der Waals surface area (Å²) in [6, 6.07) is 6.96. The normalized spacial score (nSPS) is 29.5. The lowest BCUT2D eigenvalue weighted by atomic mass is 10.1. The molecule has 78 valence electrons. The summed E-state index contributed by atoms with van der Waals surface area (Å²) < 4.78 is 13.9. The molecule has 1 aromatic carbocycles. The van der Waals surface area contributed by atoms with Gasteiger partial charge in [0.1, 0.15) is 5.67 Å². The molecular formula is C10H12Cl2FN. The highest BCUT2D eigenvalue weighted by atomic mass is 35.5. The van der Waals surface area contributed by atoms with E-state index in [0.717, 1.165) is 0 Å². The van der Waals surface area contributed by atoms with E-state index in [1.807, 2.05) is 0 Å². The van der Waals surface area contributed by atoms with Gasteiger partial charge in [0.2, 0.25) is 0 Å². The molecule has 0 aromatic heterocycles. The molecule has 1 aliphatic rings. The van der Waals surface area contributed by atoms with Crippen LogP contribution in [0.5, 0.6) is 0 Å². The molecular weight excluding hydrogens is 224 g/mol. The summed E-state index contributed by atoms with van der Waals surface area (Å²) in [5.41, 5.74) is 4.87. The molecule has 2 rings (SSSR count). The highest BCUT2D eigenvalue weighted by Gasteiger charge is 2.55. The van der Waals surface area contributed by atoms with Gasteiger partial charge in [0.05, 0.1) is 0 Å². The second-order valence-corrected chi connectivity index (χ2v) is 3.95. The number of nitrogens with two attached hydrogens (primary N) is 1. The van der Waals surface area contributed by atoms with E-state index in [9.17, 15) is 4.39 Å². The SMILES string of the molecule is Cl.NC[C@@H]1C[C@@]1(F)c1cccc(Cl)c1. The fourth-order valence-corrected chi connectivity index (χ4v) is 1.86. The first-order chi connectivity index (χ1) is 6.16. The van der Waals surface area contributed by atoms with Gasteiger partial charge < -0.3 is 5.73 Å². The van der Waals surface area contributed by atoms with Crippen molar-refractivity contribution in [1.29, 1.82) is 0 Å². The van der Waals surface area contributed by atoms with E-state index < -0.39 is 5.67 Å². The van der Waals surface area contributed by atoms with Gasteiger partial charge in [-0.2, -0.15) is 0 Å². The predicted octanol–water partition coefficient (Wildman–Crippen LogP) is 2.91. The van der Waals surface area contributed by atoms with Crippen LogP contribution in [0.25, 0.3) is 0 Å². The van der Waals surface area contributed by atoms with Crippen molar-refractivity contribution in [2.24, 2.45) is 11.7 Å². The van der Waals surface area contributed by atoms with E-state index >= 15 is 0 Å². The zero-order chi connectivity index (χ0) is 9.47. The maximum Gasteiger partial charge on any atom is 0.140 e. The first kappa shape index (κ1) is 11.8. The number of benzene rings is 1. The monoisotopic (exact) mass is 235 g/mol. The molecule has 2 N–H and O–H groups in total. The van der Waals surface area contributed by atoms with Crippen molar-refractivity contribution in [2.75, 3.05) is 6.54 Å². The topological polar surface area (TPSA) is 26.0 Å². The molecule has 0 spiro atoms. The van der Waals surface area contributed by atoms with Crippen molar-refractivity contribution in [3.8, 4) is 0 Å². The van der Waals surface area contributed by atoms with Crippen LogP contribution in [0.4, 0.5) is 4.39 Å². The minimum absolute atomic E-state index is 0. The van der Waals surface area contributed by atoms with Crippen LogP contribution in [0.15, 0.2) is 24.3 Å². The largest absolute Gasteiger partial charge is 0.330 e. The van der Waals surface area contributed by atoms with E-state index in [0.29, 0.717) is 23.6 Å². The molecule has 4 heteroatoms. The Hall–Kier alpha value is -0.310. The lowest BCUT2D eigenvalue weighted by Crippen LogP contribution is -2.10. The molecule has 0 unspecified atom stereocenters. The number of hydrogen-bond acceptors (Lipinski definition) is 1. The van der Waals surface area contributed by atoms with Gasteiger partial charge in [-0.1, -0.05) is 23.7 Å². The fourth-order valence-electron chi connectivity index (χ4n) is 1.67. The van der Waals surface area contributed by atoms with Gasteiger partial charge in [-0.15, -0.1) is 12.4 Å². The Kier molecular flexibility index (Phi) is 3.40. The summed E-state index contributed by atoms with van der Waals surface area (Å²) in [7, 11) is 0. The van der Waals surface area contributed by atoms with Crippen molar-refractivity contribution in [3.63, 3.8) is 0 Å². The van der Waals surface area contributed by atoms with Crippen LogP contribution in [0.3, 0.4) is 0 Å². The van der Waals surface area contributed by atoms with Gasteiger partial charge in [-0.3, -0.25) is 0 Å². The third-order valence-corrected chi connectivity index (χ3v) is 2.85. The Morgan fingerprint density at radius 2 is 2.29 bits per heavy atom. The van der Waals surface area contributed by atoms with Crippen molar-refractivity contribution in [3.05, 3.63) is 34.9 Å². The first-order valence-electron chi connectivity index (χ1n) is 4.32. The predicted molar refractivity (Wildman–Crippen MR) is 58.6 cm³/mol. The van der Waals surface area contributed by atoms with Crippen LogP contribution in [-0.4, -0.2) is 6.54 Å². The molecule has 0 bridgehead atoms. The molecule has 0 aliphatic heterocycles. The Morgan fingerprint density at radius 3 is 2.79 bits per heavy atom. The average molecular weight is 236 g/mol. The summed E-state index contributed by atoms with van der Waals surface area (Å²) >= 11 is 5.77. The van der Waals surface area contributed by atoms with Gasteiger partial charge in [0.15, 0.2) is 0 Å². The van der Waals surface area contributed by atoms with Crippen LogP contribution in [-0.2, 0) is 5.67 Å². The third kappa shape index (κ3) is 1.88. The van der Waals surface area contributed by atoms with Crippen LogP contribution >= 0.6 is 24.0 Å². The standard InChI is InChI=1S/C10H11ClFN.ClH/c11-9-3-1-2-7(4-9)10(12)5-8(10)6-13;/h1-4,8H,5-6,13H2;1H/t8-,10+;/m0./s1. The second kappa shape index (κ2) is 4.05. The maximum atomic E-state index is 13.9. The van der Waals surface area contributed by atoms with E-state index in [4.69, 9.17) is 17.3 Å². The maximum absolute atomic E-state index is 13.9. The van der Waals surface area contributed by atoms with Crippen LogP contribution in [0, 0.1) is 5.92 Å². The van der Waals surface area contributed by atoms with E-state index in [1.165, 1.54) is 0 Å². The molecule has 1 aliphatic carbocycles. The average Bonchev–Trinajstić information content (AvgIpc) is 2.79. The molecule has 0 heterocycles. The fraction of sp³-hybridized carbons (Fsp3) is 0.400. The van der Waals surface area contributed by atoms with Crippen molar-refractivity contribution >= 4 is 24.0 Å².